The van der Waals surface area contributed by atoms with Gasteiger partial charge in [0.2, 0.25) is 0 Å². The van der Waals surface area contributed by atoms with E-state index in [1.165, 1.54) is 0 Å². The van der Waals surface area contributed by atoms with Gasteiger partial charge in [0.05, 0.1) is 46.4 Å². The highest BCUT2D eigenvalue weighted by Crippen LogP contribution is 2.42. The number of amides is 2. The molecule has 0 fully saturated rings. The topological polar surface area (TPSA) is 92.2 Å². The van der Waals surface area contributed by atoms with E-state index in [1.807, 2.05) is 32.3 Å². The standard InChI is InChI=1S/C23H22ClN5O3/c1-12-6-16-19(25-12)9-15-14-7-13(8-18(24)21(14)26-22(15)30)17-10-29(3)27-20(17)11-32-5-4-28(2)23(16)31/h6-10,25H,4-5,11H2,1-3H3,(H,26,30)/b15-9+. The highest BCUT2D eigenvalue weighted by atomic mass is 35.5. The van der Waals surface area contributed by atoms with Crippen LogP contribution in [0.1, 0.15) is 33.0 Å². The summed E-state index contributed by atoms with van der Waals surface area (Å²) in [6, 6.07) is 5.54. The summed E-state index contributed by atoms with van der Waals surface area (Å²) in [5.74, 6) is -0.416. The lowest BCUT2D eigenvalue weighted by atomic mass is 9.98. The van der Waals surface area contributed by atoms with Crippen LogP contribution in [0.25, 0.3) is 22.8 Å². The molecule has 0 saturated carbocycles. The molecule has 9 heteroatoms. The molecule has 2 amide bonds. The minimum Gasteiger partial charge on any atom is -0.373 e. The Balaban J connectivity index is 1.74. The van der Waals surface area contributed by atoms with Gasteiger partial charge in [0, 0.05) is 43.7 Å². The Kier molecular flexibility index (Phi) is 4.91. The number of nitrogens with zero attached hydrogens (tertiary/aromatic N) is 3. The van der Waals surface area contributed by atoms with Crippen molar-refractivity contribution in [3.05, 3.63) is 57.6 Å². The van der Waals surface area contributed by atoms with Crippen molar-refractivity contribution < 1.29 is 14.3 Å². The molecule has 1 aromatic carbocycles. The maximum atomic E-state index is 13.1. The van der Waals surface area contributed by atoms with E-state index in [-0.39, 0.29) is 11.8 Å². The number of ether oxygens (including phenoxy) is 1. The quantitative estimate of drug-likeness (QED) is 0.547. The Morgan fingerprint density at radius 1 is 1.12 bits per heavy atom. The van der Waals surface area contributed by atoms with E-state index < -0.39 is 0 Å². The zero-order valence-electron chi connectivity index (χ0n) is 18.0. The van der Waals surface area contributed by atoms with Crippen LogP contribution in [0.15, 0.2) is 24.4 Å². The number of fused-ring (bicyclic) bond motifs is 4. The van der Waals surface area contributed by atoms with Gasteiger partial charge >= 0.3 is 0 Å². The predicted molar refractivity (Wildman–Crippen MR) is 122 cm³/mol. The van der Waals surface area contributed by atoms with Crippen LogP contribution in [0.4, 0.5) is 5.69 Å². The Labute approximate surface area is 189 Å². The van der Waals surface area contributed by atoms with Crippen LogP contribution in [0, 0.1) is 6.92 Å². The fourth-order valence-corrected chi connectivity index (χ4v) is 4.42. The number of benzene rings is 1. The van der Waals surface area contributed by atoms with Crippen LogP contribution < -0.4 is 5.32 Å². The highest BCUT2D eigenvalue weighted by Gasteiger charge is 2.29. The number of carbonyl (C=O) groups excluding carboxylic acids is 2. The molecule has 4 heterocycles. The van der Waals surface area contributed by atoms with Gasteiger partial charge in [0.15, 0.2) is 0 Å². The monoisotopic (exact) mass is 451 g/mol. The summed E-state index contributed by atoms with van der Waals surface area (Å²) >= 11 is 6.57. The lowest BCUT2D eigenvalue weighted by molar-refractivity contribution is -0.110. The van der Waals surface area contributed by atoms with Crippen molar-refractivity contribution >= 4 is 40.8 Å². The number of carbonyl (C=O) groups is 2. The third-order valence-electron chi connectivity index (χ3n) is 5.74. The van der Waals surface area contributed by atoms with Gasteiger partial charge in [-0.15, -0.1) is 0 Å². The van der Waals surface area contributed by atoms with E-state index in [4.69, 9.17) is 16.3 Å². The second kappa shape index (κ2) is 7.65. The van der Waals surface area contributed by atoms with E-state index in [2.05, 4.69) is 15.4 Å². The highest BCUT2D eigenvalue weighted by molar-refractivity contribution is 6.41. The molecule has 2 aliphatic heterocycles. The maximum absolute atomic E-state index is 13.1. The molecular formula is C23H22ClN5O3. The number of likely N-dealkylation sites (N-methyl/N-ethyl adjacent to an activating group) is 1. The summed E-state index contributed by atoms with van der Waals surface area (Å²) < 4.78 is 7.57. The van der Waals surface area contributed by atoms with E-state index in [0.717, 1.165) is 22.5 Å². The summed E-state index contributed by atoms with van der Waals surface area (Å²) in [5.41, 5.74) is 6.08. The van der Waals surface area contributed by atoms with Gasteiger partial charge in [0.25, 0.3) is 11.8 Å². The van der Waals surface area contributed by atoms with Crippen molar-refractivity contribution in [3.63, 3.8) is 0 Å². The lowest BCUT2D eigenvalue weighted by Crippen LogP contribution is -2.30. The van der Waals surface area contributed by atoms with Crippen LogP contribution >= 0.6 is 11.6 Å². The van der Waals surface area contributed by atoms with Crippen molar-refractivity contribution in [2.75, 3.05) is 25.5 Å². The summed E-state index contributed by atoms with van der Waals surface area (Å²) in [6.45, 7) is 2.96. The van der Waals surface area contributed by atoms with Gasteiger partial charge in [-0.05, 0) is 36.8 Å². The average molecular weight is 452 g/mol. The van der Waals surface area contributed by atoms with E-state index in [0.29, 0.717) is 52.9 Å². The van der Waals surface area contributed by atoms with Crippen LogP contribution in [0.2, 0.25) is 5.02 Å². The first kappa shape index (κ1) is 20.5. The number of halogens is 1. The molecule has 8 nitrogen and oxygen atoms in total. The molecule has 2 bridgehead atoms. The summed E-state index contributed by atoms with van der Waals surface area (Å²) in [5, 5.41) is 7.82. The van der Waals surface area contributed by atoms with Gasteiger partial charge in [-0.25, -0.2) is 0 Å². The average Bonchev–Trinajstić information content (AvgIpc) is 3.40. The second-order valence-corrected chi connectivity index (χ2v) is 8.52. The SMILES string of the molecule is Cc1cc2c([nH]1)/C=C1/C(=O)Nc3c(Cl)cc(cc31)-c1cn(C)nc1COCCN(C)C2=O. The molecule has 2 aromatic heterocycles. The van der Waals surface area contributed by atoms with Crippen molar-refractivity contribution in [1.82, 2.24) is 19.7 Å². The summed E-state index contributed by atoms with van der Waals surface area (Å²) in [7, 11) is 3.58. The number of rotatable bonds is 0. The molecule has 2 N–H and O–H groups in total. The Hall–Kier alpha value is -3.36. The van der Waals surface area contributed by atoms with Crippen molar-refractivity contribution in [3.8, 4) is 11.1 Å². The number of aromatic nitrogens is 3. The van der Waals surface area contributed by atoms with E-state index in [9.17, 15) is 9.59 Å². The molecule has 0 atom stereocenters. The minimum atomic E-state index is -0.267. The van der Waals surface area contributed by atoms with Gasteiger partial charge in [-0.1, -0.05) is 11.6 Å². The lowest BCUT2D eigenvalue weighted by Gasteiger charge is -2.17. The zero-order chi connectivity index (χ0) is 22.6. The first-order valence-corrected chi connectivity index (χ1v) is 10.6. The van der Waals surface area contributed by atoms with Crippen LogP contribution in [0.5, 0.6) is 0 Å². The first-order chi connectivity index (χ1) is 15.3. The predicted octanol–water partition coefficient (Wildman–Crippen LogP) is 3.47. The molecular weight excluding hydrogens is 430 g/mol. The van der Waals surface area contributed by atoms with Gasteiger partial charge < -0.3 is 19.9 Å². The number of aryl methyl sites for hydroxylation is 2. The summed E-state index contributed by atoms with van der Waals surface area (Å²) in [6.07, 6.45) is 3.63. The number of H-pyrrole nitrogens is 1. The molecule has 3 aromatic rings. The van der Waals surface area contributed by atoms with Crippen LogP contribution in [0.3, 0.4) is 0 Å². The van der Waals surface area contributed by atoms with E-state index >= 15 is 0 Å². The van der Waals surface area contributed by atoms with Crippen molar-refractivity contribution in [2.45, 2.75) is 13.5 Å². The third kappa shape index (κ3) is 3.41. The Bertz CT molecular complexity index is 1300. The van der Waals surface area contributed by atoms with Crippen molar-refractivity contribution in [2.24, 2.45) is 7.05 Å². The van der Waals surface area contributed by atoms with Crippen molar-refractivity contribution in [1.29, 1.82) is 0 Å². The van der Waals surface area contributed by atoms with Crippen LogP contribution in [-0.4, -0.2) is 51.7 Å². The van der Waals surface area contributed by atoms with Gasteiger partial charge in [-0.3, -0.25) is 14.3 Å². The second-order valence-electron chi connectivity index (χ2n) is 8.11. The minimum absolute atomic E-state index is 0.149. The molecule has 0 spiro atoms. The normalized spacial score (nSPS) is 17.8. The number of hydrogen-bond donors (Lipinski definition) is 2. The van der Waals surface area contributed by atoms with Gasteiger partial charge in [0.1, 0.15) is 0 Å². The molecule has 32 heavy (non-hydrogen) atoms. The fraction of sp³-hybridized carbons (Fsp3) is 0.261. The van der Waals surface area contributed by atoms with Gasteiger partial charge in [-0.2, -0.15) is 5.10 Å². The smallest absolute Gasteiger partial charge is 0.256 e. The zero-order valence-corrected chi connectivity index (χ0v) is 18.7. The van der Waals surface area contributed by atoms with Crippen LogP contribution in [-0.2, 0) is 23.2 Å². The number of anilines is 1. The molecule has 0 saturated heterocycles. The number of hydrogen-bond acceptors (Lipinski definition) is 4. The van der Waals surface area contributed by atoms with E-state index in [1.54, 1.807) is 28.8 Å². The molecule has 5 rings (SSSR count). The largest absolute Gasteiger partial charge is 0.373 e. The molecule has 0 unspecified atom stereocenters. The number of nitrogens with one attached hydrogen (secondary N) is 2. The molecule has 2 aliphatic rings. The summed E-state index contributed by atoms with van der Waals surface area (Å²) in [4.78, 5) is 30.8. The number of aromatic amines is 1. The molecule has 164 valence electrons. The first-order valence-electron chi connectivity index (χ1n) is 10.2. The maximum Gasteiger partial charge on any atom is 0.256 e. The molecule has 0 radical (unpaired) electrons. The third-order valence-corrected chi connectivity index (χ3v) is 6.04. The fourth-order valence-electron chi connectivity index (χ4n) is 4.15. The Morgan fingerprint density at radius 2 is 1.94 bits per heavy atom. The molecule has 0 aliphatic carbocycles. The Morgan fingerprint density at radius 3 is 2.75 bits per heavy atom.